The molecule has 0 saturated heterocycles. The number of hydrogen-bond donors (Lipinski definition) is 1. The summed E-state index contributed by atoms with van der Waals surface area (Å²) in [6.07, 6.45) is 1.87. The number of aryl methyl sites for hydroxylation is 1. The van der Waals surface area contributed by atoms with E-state index in [9.17, 15) is 4.79 Å². The molecule has 0 atom stereocenters. The lowest BCUT2D eigenvalue weighted by Crippen LogP contribution is -2.24. The first-order valence-corrected chi connectivity index (χ1v) is 7.67. The summed E-state index contributed by atoms with van der Waals surface area (Å²) in [5.74, 6) is 0. The number of rotatable bonds is 3. The lowest BCUT2D eigenvalue weighted by molar-refractivity contribution is 0.168. The fourth-order valence-corrected chi connectivity index (χ4v) is 2.81. The Labute approximate surface area is 130 Å². The van der Waals surface area contributed by atoms with Gasteiger partial charge in [0.25, 0.3) is 0 Å². The van der Waals surface area contributed by atoms with Crippen molar-refractivity contribution in [3.8, 4) is 0 Å². The summed E-state index contributed by atoms with van der Waals surface area (Å²) in [5.41, 5.74) is 4.55. The van der Waals surface area contributed by atoms with Crippen LogP contribution in [-0.4, -0.2) is 19.2 Å². The number of nitrogens with one attached hydrogen (secondary N) is 1. The Hall–Kier alpha value is -2.49. The molecule has 1 aliphatic heterocycles. The maximum Gasteiger partial charge on any atom is 0.411 e. The molecule has 1 N–H and O–H groups in total. The SMILES string of the molecule is CCOC(=O)Nc1ccc(N2CCCc3ccccc32)cc1. The second kappa shape index (κ2) is 6.52. The van der Waals surface area contributed by atoms with Gasteiger partial charge in [-0.15, -0.1) is 0 Å². The van der Waals surface area contributed by atoms with Crippen LogP contribution in [0.1, 0.15) is 18.9 Å². The smallest absolute Gasteiger partial charge is 0.411 e. The second-order valence-corrected chi connectivity index (χ2v) is 5.28. The molecule has 0 spiro atoms. The van der Waals surface area contributed by atoms with Gasteiger partial charge >= 0.3 is 6.09 Å². The highest BCUT2D eigenvalue weighted by Crippen LogP contribution is 2.33. The monoisotopic (exact) mass is 296 g/mol. The molecule has 4 heteroatoms. The topological polar surface area (TPSA) is 41.6 Å². The molecule has 4 nitrogen and oxygen atoms in total. The van der Waals surface area contributed by atoms with Gasteiger partial charge in [0.1, 0.15) is 0 Å². The average molecular weight is 296 g/mol. The molecule has 0 bridgehead atoms. The van der Waals surface area contributed by atoms with Gasteiger partial charge in [0, 0.05) is 23.6 Å². The molecule has 1 heterocycles. The minimum Gasteiger partial charge on any atom is -0.450 e. The number of ether oxygens (including phenoxy) is 1. The number of benzene rings is 2. The molecule has 0 aromatic heterocycles. The van der Waals surface area contributed by atoms with Crippen LogP contribution >= 0.6 is 0 Å². The number of fused-ring (bicyclic) bond motifs is 1. The maximum atomic E-state index is 11.4. The summed E-state index contributed by atoms with van der Waals surface area (Å²) in [6, 6.07) is 16.4. The molecule has 0 radical (unpaired) electrons. The summed E-state index contributed by atoms with van der Waals surface area (Å²) < 4.78 is 4.88. The predicted octanol–water partition coefficient (Wildman–Crippen LogP) is 4.34. The van der Waals surface area contributed by atoms with Crippen LogP contribution < -0.4 is 10.2 Å². The van der Waals surface area contributed by atoms with Gasteiger partial charge in [-0.3, -0.25) is 5.32 Å². The fraction of sp³-hybridized carbons (Fsp3) is 0.278. The van der Waals surface area contributed by atoms with Crippen molar-refractivity contribution >= 4 is 23.2 Å². The van der Waals surface area contributed by atoms with Crippen molar-refractivity contribution < 1.29 is 9.53 Å². The molecule has 0 saturated carbocycles. The molecular weight excluding hydrogens is 276 g/mol. The Morgan fingerprint density at radius 2 is 1.95 bits per heavy atom. The van der Waals surface area contributed by atoms with Crippen LogP contribution in [0.5, 0.6) is 0 Å². The van der Waals surface area contributed by atoms with Gasteiger partial charge < -0.3 is 9.64 Å². The van der Waals surface area contributed by atoms with Gasteiger partial charge in [-0.05, 0) is 55.7 Å². The van der Waals surface area contributed by atoms with Crippen molar-refractivity contribution in [1.82, 2.24) is 0 Å². The molecule has 2 aromatic rings. The van der Waals surface area contributed by atoms with Crippen LogP contribution in [0.2, 0.25) is 0 Å². The van der Waals surface area contributed by atoms with E-state index in [0.29, 0.717) is 6.61 Å². The molecule has 0 unspecified atom stereocenters. The molecule has 2 aromatic carbocycles. The zero-order valence-electron chi connectivity index (χ0n) is 12.7. The highest BCUT2D eigenvalue weighted by Gasteiger charge is 2.17. The molecule has 0 aliphatic carbocycles. The number of nitrogens with zero attached hydrogens (tertiary/aromatic N) is 1. The average Bonchev–Trinajstić information content (AvgIpc) is 2.55. The van der Waals surface area contributed by atoms with Gasteiger partial charge in [0.05, 0.1) is 6.61 Å². The normalized spacial score (nSPS) is 13.4. The maximum absolute atomic E-state index is 11.4. The summed E-state index contributed by atoms with van der Waals surface area (Å²) in [6.45, 7) is 3.17. The Balaban J connectivity index is 1.78. The van der Waals surface area contributed by atoms with Crippen molar-refractivity contribution in [3.05, 3.63) is 54.1 Å². The number of carbonyl (C=O) groups is 1. The van der Waals surface area contributed by atoms with Crippen molar-refractivity contribution in [2.45, 2.75) is 19.8 Å². The number of anilines is 3. The van der Waals surface area contributed by atoms with Crippen LogP contribution in [0.3, 0.4) is 0 Å². The van der Waals surface area contributed by atoms with E-state index in [-0.39, 0.29) is 0 Å². The highest BCUT2D eigenvalue weighted by molar-refractivity contribution is 5.85. The van der Waals surface area contributed by atoms with Gasteiger partial charge in [-0.1, -0.05) is 18.2 Å². The summed E-state index contributed by atoms with van der Waals surface area (Å²) in [4.78, 5) is 13.7. The van der Waals surface area contributed by atoms with E-state index in [4.69, 9.17) is 4.74 Å². The first-order chi connectivity index (χ1) is 10.8. The van der Waals surface area contributed by atoms with E-state index in [0.717, 1.165) is 30.8 Å². The number of hydrogen-bond acceptors (Lipinski definition) is 3. The Morgan fingerprint density at radius 3 is 2.73 bits per heavy atom. The third kappa shape index (κ3) is 3.06. The summed E-state index contributed by atoms with van der Waals surface area (Å²) in [7, 11) is 0. The van der Waals surface area contributed by atoms with Gasteiger partial charge in [-0.2, -0.15) is 0 Å². The van der Waals surface area contributed by atoms with Crippen LogP contribution in [0.25, 0.3) is 0 Å². The van der Waals surface area contributed by atoms with E-state index in [2.05, 4.69) is 34.5 Å². The first-order valence-electron chi connectivity index (χ1n) is 7.67. The van der Waals surface area contributed by atoms with E-state index >= 15 is 0 Å². The molecule has 3 rings (SSSR count). The Bertz CT molecular complexity index is 652. The van der Waals surface area contributed by atoms with E-state index in [1.54, 1.807) is 6.92 Å². The molecule has 1 aliphatic rings. The van der Waals surface area contributed by atoms with Gasteiger partial charge in [-0.25, -0.2) is 4.79 Å². The standard InChI is InChI=1S/C18H20N2O2/c1-2-22-18(21)19-15-9-11-16(12-10-15)20-13-5-7-14-6-3-4-8-17(14)20/h3-4,6,8-12H,2,5,7,13H2,1H3,(H,19,21). The molecule has 114 valence electrons. The fourth-order valence-electron chi connectivity index (χ4n) is 2.81. The first kappa shape index (κ1) is 14.4. The van der Waals surface area contributed by atoms with Crippen molar-refractivity contribution in [3.63, 3.8) is 0 Å². The molecular formula is C18H20N2O2. The summed E-state index contributed by atoms with van der Waals surface area (Å²) >= 11 is 0. The largest absolute Gasteiger partial charge is 0.450 e. The van der Waals surface area contributed by atoms with Crippen molar-refractivity contribution in [2.75, 3.05) is 23.4 Å². The second-order valence-electron chi connectivity index (χ2n) is 5.28. The van der Waals surface area contributed by atoms with Gasteiger partial charge in [0.15, 0.2) is 0 Å². The third-order valence-corrected chi connectivity index (χ3v) is 3.81. The minimum atomic E-state index is -0.418. The molecule has 0 fully saturated rings. The van der Waals surface area contributed by atoms with E-state index < -0.39 is 6.09 Å². The van der Waals surface area contributed by atoms with E-state index in [1.165, 1.54) is 11.3 Å². The van der Waals surface area contributed by atoms with Crippen LogP contribution in [0.15, 0.2) is 48.5 Å². The highest BCUT2D eigenvalue weighted by atomic mass is 16.5. The lowest BCUT2D eigenvalue weighted by atomic mass is 10.0. The third-order valence-electron chi connectivity index (χ3n) is 3.81. The summed E-state index contributed by atoms with van der Waals surface area (Å²) in [5, 5.41) is 2.71. The van der Waals surface area contributed by atoms with E-state index in [1.807, 2.05) is 24.3 Å². The number of para-hydroxylation sites is 1. The van der Waals surface area contributed by atoms with Crippen LogP contribution in [0.4, 0.5) is 21.9 Å². The molecule has 22 heavy (non-hydrogen) atoms. The van der Waals surface area contributed by atoms with Crippen LogP contribution in [-0.2, 0) is 11.2 Å². The quantitative estimate of drug-likeness (QED) is 0.916. The number of amides is 1. The zero-order chi connectivity index (χ0) is 15.4. The minimum absolute atomic E-state index is 0.370. The molecule has 1 amide bonds. The zero-order valence-corrected chi connectivity index (χ0v) is 12.7. The van der Waals surface area contributed by atoms with Gasteiger partial charge in [0.2, 0.25) is 0 Å². The number of carbonyl (C=O) groups excluding carboxylic acids is 1. The Morgan fingerprint density at radius 1 is 1.18 bits per heavy atom. The Kier molecular flexibility index (Phi) is 4.28. The predicted molar refractivity (Wildman–Crippen MR) is 88.9 cm³/mol. The lowest BCUT2D eigenvalue weighted by Gasteiger charge is -2.31. The van der Waals surface area contributed by atoms with Crippen LogP contribution in [0, 0.1) is 0 Å². The van der Waals surface area contributed by atoms with Crippen molar-refractivity contribution in [1.29, 1.82) is 0 Å². The van der Waals surface area contributed by atoms with Crippen molar-refractivity contribution in [2.24, 2.45) is 0 Å².